The zero-order valence-corrected chi connectivity index (χ0v) is 10.7. The van der Waals surface area contributed by atoms with E-state index in [1.807, 2.05) is 24.3 Å². The van der Waals surface area contributed by atoms with Crippen molar-refractivity contribution < 1.29 is 4.79 Å². The molecule has 0 radical (unpaired) electrons. The summed E-state index contributed by atoms with van der Waals surface area (Å²) >= 11 is 6.22. The van der Waals surface area contributed by atoms with Crippen molar-refractivity contribution in [1.29, 1.82) is 0 Å². The summed E-state index contributed by atoms with van der Waals surface area (Å²) in [5.74, 6) is 0.0688. The summed E-state index contributed by atoms with van der Waals surface area (Å²) in [6.45, 7) is 3.86. The molecule has 0 amide bonds. The van der Waals surface area contributed by atoms with E-state index in [4.69, 9.17) is 11.6 Å². The molecule has 90 valence electrons. The third-order valence-corrected chi connectivity index (χ3v) is 3.83. The fourth-order valence-corrected chi connectivity index (χ4v) is 2.83. The number of hydrogen-bond donors (Lipinski definition) is 1. The minimum Gasteiger partial charge on any atom is -0.304 e. The van der Waals surface area contributed by atoms with Crippen molar-refractivity contribution in [3.05, 3.63) is 47.0 Å². The van der Waals surface area contributed by atoms with Gasteiger partial charge in [-0.05, 0) is 43.5 Å². The molecule has 1 atom stereocenters. The Kier molecular flexibility index (Phi) is 3.36. The lowest BCUT2D eigenvalue weighted by molar-refractivity contribution is -0.123. The summed E-state index contributed by atoms with van der Waals surface area (Å²) < 4.78 is 0. The SMILES string of the molecule is C=C1CCC[C@@](NC)(c2ccccc2Cl)C1=O. The minimum atomic E-state index is -0.687. The van der Waals surface area contributed by atoms with Crippen molar-refractivity contribution in [2.24, 2.45) is 0 Å². The molecule has 0 unspecified atom stereocenters. The van der Waals surface area contributed by atoms with Crippen LogP contribution in [0.4, 0.5) is 0 Å². The molecule has 0 saturated heterocycles. The average Bonchev–Trinajstić information content (AvgIpc) is 2.34. The van der Waals surface area contributed by atoms with Crippen LogP contribution in [-0.2, 0) is 10.3 Å². The van der Waals surface area contributed by atoms with Gasteiger partial charge in [-0.15, -0.1) is 0 Å². The van der Waals surface area contributed by atoms with Crippen molar-refractivity contribution in [3.8, 4) is 0 Å². The first kappa shape index (κ1) is 12.3. The maximum absolute atomic E-state index is 12.4. The highest BCUT2D eigenvalue weighted by atomic mass is 35.5. The molecule has 1 N–H and O–H groups in total. The number of rotatable bonds is 2. The quantitative estimate of drug-likeness (QED) is 0.817. The van der Waals surface area contributed by atoms with Crippen LogP contribution in [0.25, 0.3) is 0 Å². The highest BCUT2D eigenvalue weighted by Gasteiger charge is 2.42. The molecule has 0 spiro atoms. The van der Waals surface area contributed by atoms with Gasteiger partial charge in [0.1, 0.15) is 5.54 Å². The Hall–Kier alpha value is -1.12. The maximum atomic E-state index is 12.4. The number of Topliss-reactive ketones (excluding diaryl/α,β-unsaturated/α-hetero) is 1. The van der Waals surface area contributed by atoms with E-state index in [1.54, 1.807) is 7.05 Å². The van der Waals surface area contributed by atoms with Gasteiger partial charge in [-0.1, -0.05) is 36.4 Å². The van der Waals surface area contributed by atoms with E-state index in [-0.39, 0.29) is 5.78 Å². The summed E-state index contributed by atoms with van der Waals surface area (Å²) in [6.07, 6.45) is 2.51. The Morgan fingerprint density at radius 3 is 2.76 bits per heavy atom. The lowest BCUT2D eigenvalue weighted by atomic mass is 9.74. The molecular weight excluding hydrogens is 234 g/mol. The molecule has 17 heavy (non-hydrogen) atoms. The molecule has 1 fully saturated rings. The molecule has 0 aromatic heterocycles. The summed E-state index contributed by atoms with van der Waals surface area (Å²) in [5, 5.41) is 3.79. The van der Waals surface area contributed by atoms with Crippen molar-refractivity contribution >= 4 is 17.4 Å². The largest absolute Gasteiger partial charge is 0.304 e. The molecule has 2 rings (SSSR count). The summed E-state index contributed by atoms with van der Waals surface area (Å²) in [5.41, 5.74) is 0.855. The van der Waals surface area contributed by atoms with E-state index in [0.717, 1.165) is 24.8 Å². The van der Waals surface area contributed by atoms with Crippen LogP contribution in [0.15, 0.2) is 36.4 Å². The normalized spacial score (nSPS) is 25.1. The number of likely N-dealkylation sites (N-methyl/N-ethyl adjacent to an activating group) is 1. The third kappa shape index (κ3) is 1.92. The molecule has 1 aromatic carbocycles. The first-order chi connectivity index (χ1) is 8.12. The van der Waals surface area contributed by atoms with Crippen LogP contribution < -0.4 is 5.32 Å². The number of carbonyl (C=O) groups excluding carboxylic acids is 1. The number of halogens is 1. The van der Waals surface area contributed by atoms with Gasteiger partial charge in [-0.3, -0.25) is 4.79 Å². The number of nitrogens with one attached hydrogen (secondary N) is 1. The van der Waals surface area contributed by atoms with Gasteiger partial charge in [0.05, 0.1) is 0 Å². The zero-order valence-electron chi connectivity index (χ0n) is 9.92. The second-order valence-corrected chi connectivity index (χ2v) is 4.83. The Balaban J connectivity index is 2.54. The monoisotopic (exact) mass is 249 g/mol. The molecule has 1 aliphatic carbocycles. The molecule has 1 aromatic rings. The topological polar surface area (TPSA) is 29.1 Å². The van der Waals surface area contributed by atoms with Gasteiger partial charge < -0.3 is 5.32 Å². The predicted octanol–water partition coefficient (Wildman–Crippen LogP) is 3.06. The van der Waals surface area contributed by atoms with Crippen LogP contribution in [0.3, 0.4) is 0 Å². The van der Waals surface area contributed by atoms with Crippen molar-refractivity contribution in [1.82, 2.24) is 5.32 Å². The van der Waals surface area contributed by atoms with Gasteiger partial charge in [-0.25, -0.2) is 0 Å². The Morgan fingerprint density at radius 2 is 2.12 bits per heavy atom. The Bertz CT molecular complexity index is 469. The molecule has 0 heterocycles. The zero-order chi connectivity index (χ0) is 12.5. The molecular formula is C14H16ClNO. The standard InChI is InChI=1S/C14H16ClNO/c1-10-6-5-9-14(16-2,13(10)17)11-7-3-4-8-12(11)15/h3-4,7-8,16H,1,5-6,9H2,2H3/t14-/m1/s1. The van der Waals surface area contributed by atoms with E-state index in [9.17, 15) is 4.79 Å². The van der Waals surface area contributed by atoms with Gasteiger partial charge in [-0.2, -0.15) is 0 Å². The van der Waals surface area contributed by atoms with Crippen LogP contribution >= 0.6 is 11.6 Å². The van der Waals surface area contributed by atoms with Gasteiger partial charge in [0.25, 0.3) is 0 Å². The lowest BCUT2D eigenvalue weighted by Crippen LogP contribution is -2.50. The average molecular weight is 250 g/mol. The van der Waals surface area contributed by atoms with Gasteiger partial charge in [0.2, 0.25) is 0 Å². The van der Waals surface area contributed by atoms with Crippen LogP contribution in [-0.4, -0.2) is 12.8 Å². The van der Waals surface area contributed by atoms with E-state index >= 15 is 0 Å². The number of hydrogen-bond acceptors (Lipinski definition) is 2. The fraction of sp³-hybridized carbons (Fsp3) is 0.357. The van der Waals surface area contributed by atoms with E-state index in [2.05, 4.69) is 11.9 Å². The van der Waals surface area contributed by atoms with E-state index < -0.39 is 5.54 Å². The highest BCUT2D eigenvalue weighted by Crippen LogP contribution is 2.38. The summed E-state index contributed by atoms with van der Waals surface area (Å²) in [6, 6.07) is 7.51. The molecule has 0 bridgehead atoms. The van der Waals surface area contributed by atoms with Crippen LogP contribution in [0, 0.1) is 0 Å². The van der Waals surface area contributed by atoms with Crippen LogP contribution in [0.2, 0.25) is 5.02 Å². The predicted molar refractivity (Wildman–Crippen MR) is 70.2 cm³/mol. The van der Waals surface area contributed by atoms with E-state index in [1.165, 1.54) is 0 Å². The maximum Gasteiger partial charge on any atom is 0.182 e. The molecule has 1 saturated carbocycles. The number of benzene rings is 1. The lowest BCUT2D eigenvalue weighted by Gasteiger charge is -2.37. The third-order valence-electron chi connectivity index (χ3n) is 3.50. The fourth-order valence-electron chi connectivity index (χ4n) is 2.53. The van der Waals surface area contributed by atoms with E-state index in [0.29, 0.717) is 10.6 Å². The number of carbonyl (C=O) groups is 1. The van der Waals surface area contributed by atoms with Gasteiger partial charge in [0, 0.05) is 5.02 Å². The van der Waals surface area contributed by atoms with Gasteiger partial charge >= 0.3 is 0 Å². The number of ketones is 1. The van der Waals surface area contributed by atoms with Crippen LogP contribution in [0.5, 0.6) is 0 Å². The second-order valence-electron chi connectivity index (χ2n) is 4.42. The van der Waals surface area contributed by atoms with Crippen molar-refractivity contribution in [3.63, 3.8) is 0 Å². The minimum absolute atomic E-state index is 0.0688. The molecule has 3 heteroatoms. The smallest absolute Gasteiger partial charge is 0.182 e. The Labute approximate surface area is 107 Å². The summed E-state index contributed by atoms with van der Waals surface area (Å²) in [7, 11) is 1.81. The molecule has 0 aliphatic heterocycles. The summed E-state index contributed by atoms with van der Waals surface area (Å²) in [4.78, 5) is 12.4. The van der Waals surface area contributed by atoms with Crippen LogP contribution in [0.1, 0.15) is 24.8 Å². The van der Waals surface area contributed by atoms with Crippen molar-refractivity contribution in [2.45, 2.75) is 24.8 Å². The van der Waals surface area contributed by atoms with Crippen molar-refractivity contribution in [2.75, 3.05) is 7.05 Å². The van der Waals surface area contributed by atoms with Gasteiger partial charge in [0.15, 0.2) is 5.78 Å². The molecule has 1 aliphatic rings. The first-order valence-corrected chi connectivity index (χ1v) is 6.16. The first-order valence-electron chi connectivity index (χ1n) is 5.78. The highest BCUT2D eigenvalue weighted by molar-refractivity contribution is 6.32. The molecule has 2 nitrogen and oxygen atoms in total. The second kappa shape index (κ2) is 4.63. The Morgan fingerprint density at radius 1 is 1.41 bits per heavy atom.